The highest BCUT2D eigenvalue weighted by Crippen LogP contribution is 2.23. The van der Waals surface area contributed by atoms with Crippen LogP contribution in [0.25, 0.3) is 0 Å². The van der Waals surface area contributed by atoms with Crippen LogP contribution in [0.4, 0.5) is 0 Å². The summed E-state index contributed by atoms with van der Waals surface area (Å²) in [6, 6.07) is 8.64. The van der Waals surface area contributed by atoms with E-state index in [2.05, 4.69) is 0 Å². The molecule has 0 radical (unpaired) electrons. The molecule has 1 aromatic rings. The second-order valence-corrected chi connectivity index (χ2v) is 4.13. The van der Waals surface area contributed by atoms with E-state index in [4.69, 9.17) is 14.6 Å². The maximum Gasteiger partial charge on any atom is 0.229 e. The quantitative estimate of drug-likeness (QED) is 0.506. The molecule has 5 unspecified atom stereocenters. The first-order valence-corrected chi connectivity index (χ1v) is 5.65. The molecule has 0 aromatic heterocycles. The smallest absolute Gasteiger partial charge is 0.229 e. The molecule has 2 rings (SSSR count). The lowest BCUT2D eigenvalue weighted by Gasteiger charge is -2.39. The van der Waals surface area contributed by atoms with Crippen molar-refractivity contribution in [3.63, 3.8) is 0 Å². The number of para-hydroxylation sites is 1. The molecule has 1 saturated heterocycles. The van der Waals surface area contributed by atoms with E-state index >= 15 is 0 Å². The number of benzene rings is 1. The molecular formula is C12H18O7. The molecule has 108 valence electrons. The van der Waals surface area contributed by atoms with E-state index in [0.717, 1.165) is 0 Å². The molecular weight excluding hydrogens is 256 g/mol. The van der Waals surface area contributed by atoms with Gasteiger partial charge in [-0.25, -0.2) is 0 Å². The van der Waals surface area contributed by atoms with Gasteiger partial charge in [-0.05, 0) is 12.1 Å². The van der Waals surface area contributed by atoms with Gasteiger partial charge in [-0.15, -0.1) is 0 Å². The van der Waals surface area contributed by atoms with E-state index in [1.54, 1.807) is 30.3 Å². The Morgan fingerprint density at radius 1 is 1.00 bits per heavy atom. The summed E-state index contributed by atoms with van der Waals surface area (Å²) in [7, 11) is 0. The highest BCUT2D eigenvalue weighted by Gasteiger charge is 2.44. The third kappa shape index (κ3) is 3.41. The lowest BCUT2D eigenvalue weighted by Crippen LogP contribution is -2.60. The second-order valence-electron chi connectivity index (χ2n) is 4.13. The topological polar surface area (TPSA) is 131 Å². The first-order valence-electron chi connectivity index (χ1n) is 5.65. The summed E-state index contributed by atoms with van der Waals surface area (Å²) in [6.07, 6.45) is -6.28. The number of hydrogen-bond donors (Lipinski definition) is 4. The predicted molar refractivity (Wildman–Crippen MR) is 64.5 cm³/mol. The van der Waals surface area contributed by atoms with Crippen molar-refractivity contribution in [1.82, 2.24) is 0 Å². The van der Waals surface area contributed by atoms with Crippen molar-refractivity contribution in [2.24, 2.45) is 0 Å². The molecule has 1 aromatic carbocycles. The molecule has 1 heterocycles. The van der Waals surface area contributed by atoms with Gasteiger partial charge in [0.05, 0.1) is 6.61 Å². The summed E-state index contributed by atoms with van der Waals surface area (Å²) < 4.78 is 10.6. The number of hydrogen-bond acceptors (Lipinski definition) is 6. The van der Waals surface area contributed by atoms with Gasteiger partial charge in [0, 0.05) is 0 Å². The minimum absolute atomic E-state index is 0. The molecule has 0 bridgehead atoms. The Morgan fingerprint density at radius 2 is 1.63 bits per heavy atom. The first kappa shape index (κ1) is 15.8. The lowest BCUT2D eigenvalue weighted by atomic mass is 9.99. The number of ether oxygens (including phenoxy) is 2. The van der Waals surface area contributed by atoms with Crippen LogP contribution in [0.15, 0.2) is 30.3 Å². The fourth-order valence-corrected chi connectivity index (χ4v) is 1.80. The Labute approximate surface area is 110 Å². The van der Waals surface area contributed by atoms with E-state index in [0.29, 0.717) is 5.75 Å². The van der Waals surface area contributed by atoms with Gasteiger partial charge >= 0.3 is 0 Å². The average molecular weight is 274 g/mol. The summed E-state index contributed by atoms with van der Waals surface area (Å²) >= 11 is 0. The van der Waals surface area contributed by atoms with Gasteiger partial charge in [0.1, 0.15) is 30.2 Å². The maximum atomic E-state index is 9.74. The van der Waals surface area contributed by atoms with E-state index in [1.807, 2.05) is 0 Å². The fourth-order valence-electron chi connectivity index (χ4n) is 1.80. The zero-order valence-electron chi connectivity index (χ0n) is 10.1. The van der Waals surface area contributed by atoms with Crippen molar-refractivity contribution in [2.75, 3.05) is 6.61 Å². The summed E-state index contributed by atoms with van der Waals surface area (Å²) in [5, 5.41) is 37.9. The van der Waals surface area contributed by atoms with Crippen LogP contribution in [-0.2, 0) is 4.74 Å². The number of rotatable bonds is 3. The van der Waals surface area contributed by atoms with Crippen LogP contribution in [-0.4, -0.2) is 63.2 Å². The molecule has 0 saturated carbocycles. The van der Waals surface area contributed by atoms with Gasteiger partial charge < -0.3 is 35.4 Å². The standard InChI is InChI=1S/C12H16O6.H2O/c13-6-8-9(14)10(15)11(16)12(18-8)17-7-4-2-1-3-5-7;/h1-5,8-16H,6H2;1H2. The predicted octanol–water partition coefficient (Wildman–Crippen LogP) is -1.96. The van der Waals surface area contributed by atoms with Gasteiger partial charge in [-0.1, -0.05) is 18.2 Å². The molecule has 7 heteroatoms. The Bertz CT molecular complexity index is 370. The van der Waals surface area contributed by atoms with Crippen molar-refractivity contribution in [3.05, 3.63) is 30.3 Å². The molecule has 19 heavy (non-hydrogen) atoms. The number of aliphatic hydroxyl groups excluding tert-OH is 4. The Kier molecular flexibility index (Phi) is 5.67. The van der Waals surface area contributed by atoms with Crippen LogP contribution in [0.1, 0.15) is 0 Å². The third-order valence-electron chi connectivity index (χ3n) is 2.84. The van der Waals surface area contributed by atoms with Gasteiger partial charge in [-0.2, -0.15) is 0 Å². The van der Waals surface area contributed by atoms with Gasteiger partial charge in [0.2, 0.25) is 6.29 Å². The van der Waals surface area contributed by atoms with Crippen LogP contribution < -0.4 is 4.74 Å². The second kappa shape index (κ2) is 6.80. The number of aliphatic hydroxyl groups is 4. The van der Waals surface area contributed by atoms with Crippen molar-refractivity contribution in [1.29, 1.82) is 0 Å². The van der Waals surface area contributed by atoms with E-state index < -0.39 is 37.3 Å². The molecule has 7 nitrogen and oxygen atoms in total. The lowest BCUT2D eigenvalue weighted by molar-refractivity contribution is -0.277. The Balaban J connectivity index is 0.00000180. The van der Waals surface area contributed by atoms with E-state index in [-0.39, 0.29) is 5.48 Å². The SMILES string of the molecule is O.OCC1OC(Oc2ccccc2)C(O)C(O)C1O. The van der Waals surface area contributed by atoms with E-state index in [1.165, 1.54) is 0 Å². The minimum atomic E-state index is -1.43. The monoisotopic (exact) mass is 274 g/mol. The third-order valence-corrected chi connectivity index (χ3v) is 2.84. The largest absolute Gasteiger partial charge is 0.462 e. The summed E-state index contributed by atoms with van der Waals surface area (Å²) in [6.45, 7) is -0.473. The molecule has 5 atom stereocenters. The van der Waals surface area contributed by atoms with Crippen LogP contribution in [0.2, 0.25) is 0 Å². The van der Waals surface area contributed by atoms with Crippen LogP contribution in [0.5, 0.6) is 5.75 Å². The molecule has 1 aliphatic rings. The fraction of sp³-hybridized carbons (Fsp3) is 0.500. The molecule has 1 aliphatic heterocycles. The van der Waals surface area contributed by atoms with Crippen molar-refractivity contribution >= 4 is 0 Å². The van der Waals surface area contributed by atoms with Gasteiger partial charge in [-0.3, -0.25) is 0 Å². The van der Waals surface area contributed by atoms with E-state index in [9.17, 15) is 15.3 Å². The zero-order chi connectivity index (χ0) is 13.1. The molecule has 0 spiro atoms. The van der Waals surface area contributed by atoms with Crippen LogP contribution in [0.3, 0.4) is 0 Å². The zero-order valence-corrected chi connectivity index (χ0v) is 10.1. The van der Waals surface area contributed by atoms with Gasteiger partial charge in [0.25, 0.3) is 0 Å². The summed E-state index contributed by atoms with van der Waals surface area (Å²) in [4.78, 5) is 0. The molecule has 0 aliphatic carbocycles. The van der Waals surface area contributed by atoms with Crippen molar-refractivity contribution in [2.45, 2.75) is 30.7 Å². The normalized spacial score (nSPS) is 34.4. The Morgan fingerprint density at radius 3 is 2.21 bits per heavy atom. The van der Waals surface area contributed by atoms with Crippen molar-refractivity contribution < 1.29 is 35.4 Å². The molecule has 0 amide bonds. The molecule has 1 fully saturated rings. The summed E-state index contributed by atoms with van der Waals surface area (Å²) in [5.41, 5.74) is 0. The van der Waals surface area contributed by atoms with Gasteiger partial charge in [0.15, 0.2) is 0 Å². The Hall–Kier alpha value is -1.22. The molecule has 6 N–H and O–H groups in total. The average Bonchev–Trinajstić information content (AvgIpc) is 2.40. The van der Waals surface area contributed by atoms with Crippen molar-refractivity contribution in [3.8, 4) is 5.75 Å². The van der Waals surface area contributed by atoms with Crippen LogP contribution in [0, 0.1) is 0 Å². The highest BCUT2D eigenvalue weighted by atomic mass is 16.7. The van der Waals surface area contributed by atoms with Crippen LogP contribution >= 0.6 is 0 Å². The maximum absolute atomic E-state index is 9.74. The highest BCUT2D eigenvalue weighted by molar-refractivity contribution is 5.21. The minimum Gasteiger partial charge on any atom is -0.462 e. The first-order chi connectivity index (χ1) is 8.63. The summed E-state index contributed by atoms with van der Waals surface area (Å²) in [5.74, 6) is 0.460.